The second-order valence-corrected chi connectivity index (χ2v) is 6.10. The van der Waals surface area contributed by atoms with E-state index in [0.29, 0.717) is 22.6 Å². The van der Waals surface area contributed by atoms with Crippen LogP contribution in [0.1, 0.15) is 16.9 Å². The highest BCUT2D eigenvalue weighted by Crippen LogP contribution is 2.23. The summed E-state index contributed by atoms with van der Waals surface area (Å²) >= 11 is 0. The first-order chi connectivity index (χ1) is 12.9. The molecule has 3 rings (SSSR count). The van der Waals surface area contributed by atoms with E-state index in [4.69, 9.17) is 13.9 Å². The van der Waals surface area contributed by atoms with Gasteiger partial charge in [-0.2, -0.15) is 0 Å². The van der Waals surface area contributed by atoms with Crippen molar-refractivity contribution >= 4 is 17.0 Å². The third-order valence-corrected chi connectivity index (χ3v) is 4.43. The Labute approximate surface area is 155 Å². The lowest BCUT2D eigenvalue weighted by Crippen LogP contribution is -2.32. The fraction of sp³-hybridized carbons (Fsp3) is 0.316. The highest BCUT2D eigenvalue weighted by atomic mass is 16.5. The third-order valence-electron chi connectivity index (χ3n) is 4.43. The Morgan fingerprint density at radius 3 is 2.74 bits per heavy atom. The van der Waals surface area contributed by atoms with Gasteiger partial charge in [0.2, 0.25) is 11.6 Å². The van der Waals surface area contributed by atoms with E-state index in [1.54, 1.807) is 46.3 Å². The van der Waals surface area contributed by atoms with E-state index < -0.39 is 0 Å². The number of benzene rings is 1. The monoisotopic (exact) mass is 371 g/mol. The zero-order valence-corrected chi connectivity index (χ0v) is 15.7. The van der Waals surface area contributed by atoms with Crippen LogP contribution < -0.4 is 20.3 Å². The summed E-state index contributed by atoms with van der Waals surface area (Å²) in [5, 5.41) is 3.18. The zero-order chi connectivity index (χ0) is 19.6. The van der Waals surface area contributed by atoms with E-state index in [-0.39, 0.29) is 30.3 Å². The first kappa shape index (κ1) is 18.5. The van der Waals surface area contributed by atoms with Crippen LogP contribution >= 0.6 is 0 Å². The number of hydrogen-bond donors (Lipinski definition) is 1. The molecule has 0 aliphatic carbocycles. The molecule has 0 saturated heterocycles. The van der Waals surface area contributed by atoms with Gasteiger partial charge in [0.25, 0.3) is 5.56 Å². The van der Waals surface area contributed by atoms with Gasteiger partial charge in [0, 0.05) is 17.7 Å². The van der Waals surface area contributed by atoms with E-state index in [9.17, 15) is 9.59 Å². The molecule has 2 heterocycles. The number of nitrogens with zero attached hydrogens (tertiary/aromatic N) is 2. The first-order valence-electron chi connectivity index (χ1n) is 8.37. The van der Waals surface area contributed by atoms with Crippen LogP contribution in [0.3, 0.4) is 0 Å². The van der Waals surface area contributed by atoms with Crippen molar-refractivity contribution in [3.63, 3.8) is 0 Å². The van der Waals surface area contributed by atoms with E-state index >= 15 is 0 Å². The lowest BCUT2D eigenvalue weighted by molar-refractivity contribution is -0.121. The summed E-state index contributed by atoms with van der Waals surface area (Å²) < 4.78 is 17.2. The minimum atomic E-state index is -0.319. The summed E-state index contributed by atoms with van der Waals surface area (Å²) in [6, 6.07) is 5.34. The number of nitrogens with one attached hydrogen (secondary N) is 1. The van der Waals surface area contributed by atoms with Crippen LogP contribution in [0.2, 0.25) is 0 Å². The molecule has 0 radical (unpaired) electrons. The van der Waals surface area contributed by atoms with E-state index in [1.807, 2.05) is 0 Å². The minimum Gasteiger partial charge on any atom is -0.497 e. The van der Waals surface area contributed by atoms with Gasteiger partial charge in [0.15, 0.2) is 0 Å². The Balaban J connectivity index is 1.75. The number of hydrogen-bond acceptors (Lipinski definition) is 6. The number of fused-ring (bicyclic) bond motifs is 1. The van der Waals surface area contributed by atoms with Crippen molar-refractivity contribution in [2.45, 2.75) is 26.9 Å². The molecule has 3 aromatic rings. The lowest BCUT2D eigenvalue weighted by atomic mass is 10.2. The van der Waals surface area contributed by atoms with Gasteiger partial charge in [0.1, 0.15) is 35.5 Å². The van der Waals surface area contributed by atoms with Gasteiger partial charge in [-0.3, -0.25) is 14.2 Å². The number of furan rings is 1. The molecule has 142 valence electrons. The number of ether oxygens (including phenoxy) is 2. The Morgan fingerprint density at radius 1 is 1.26 bits per heavy atom. The number of aromatic nitrogens is 2. The third kappa shape index (κ3) is 3.64. The summed E-state index contributed by atoms with van der Waals surface area (Å²) in [5.74, 6) is 1.63. The summed E-state index contributed by atoms with van der Waals surface area (Å²) in [6.07, 6.45) is 1.32. The highest BCUT2D eigenvalue weighted by molar-refractivity contribution is 5.79. The van der Waals surface area contributed by atoms with Crippen LogP contribution in [0.25, 0.3) is 11.1 Å². The van der Waals surface area contributed by atoms with Crippen molar-refractivity contribution in [2.24, 2.45) is 0 Å². The van der Waals surface area contributed by atoms with Gasteiger partial charge in [-0.15, -0.1) is 0 Å². The van der Waals surface area contributed by atoms with Gasteiger partial charge in [-0.05, 0) is 32.0 Å². The maximum absolute atomic E-state index is 12.6. The molecule has 0 spiro atoms. The SMILES string of the molecule is COc1ccc(OC)c(CNC(=O)Cn2cnc3oc(C)c(C)c3c2=O)c1. The second kappa shape index (κ2) is 7.53. The van der Waals surface area contributed by atoms with Gasteiger partial charge >= 0.3 is 0 Å². The minimum absolute atomic E-state index is 0.141. The normalized spacial score (nSPS) is 10.8. The maximum Gasteiger partial charge on any atom is 0.265 e. The number of carbonyl (C=O) groups is 1. The van der Waals surface area contributed by atoms with Crippen LogP contribution in [0.4, 0.5) is 0 Å². The van der Waals surface area contributed by atoms with E-state index in [2.05, 4.69) is 10.3 Å². The van der Waals surface area contributed by atoms with Crippen molar-refractivity contribution in [1.29, 1.82) is 0 Å². The Bertz CT molecular complexity index is 1050. The smallest absolute Gasteiger partial charge is 0.265 e. The van der Waals surface area contributed by atoms with Crippen LogP contribution in [0.5, 0.6) is 11.5 Å². The molecule has 1 N–H and O–H groups in total. The highest BCUT2D eigenvalue weighted by Gasteiger charge is 2.15. The van der Waals surface area contributed by atoms with Crippen molar-refractivity contribution < 1.29 is 18.7 Å². The van der Waals surface area contributed by atoms with Gasteiger partial charge in [-0.1, -0.05) is 0 Å². The molecule has 0 aliphatic heterocycles. The van der Waals surface area contributed by atoms with E-state index in [1.165, 1.54) is 10.9 Å². The molecule has 2 aromatic heterocycles. The summed E-state index contributed by atoms with van der Waals surface area (Å²) in [7, 11) is 3.13. The molecule has 0 unspecified atom stereocenters. The molecule has 1 aromatic carbocycles. The van der Waals surface area contributed by atoms with Crippen molar-refractivity contribution in [2.75, 3.05) is 14.2 Å². The van der Waals surface area contributed by atoms with Crippen molar-refractivity contribution in [3.05, 3.63) is 51.8 Å². The van der Waals surface area contributed by atoms with Crippen molar-refractivity contribution in [1.82, 2.24) is 14.9 Å². The lowest BCUT2D eigenvalue weighted by Gasteiger charge is -2.12. The molecular weight excluding hydrogens is 350 g/mol. The average molecular weight is 371 g/mol. The molecule has 1 amide bonds. The number of methoxy groups -OCH3 is 2. The maximum atomic E-state index is 12.6. The molecule has 0 saturated carbocycles. The van der Waals surface area contributed by atoms with Gasteiger partial charge in [-0.25, -0.2) is 4.98 Å². The zero-order valence-electron chi connectivity index (χ0n) is 15.7. The first-order valence-corrected chi connectivity index (χ1v) is 8.37. The predicted octanol–water partition coefficient (Wildman–Crippen LogP) is 1.94. The number of carbonyl (C=O) groups excluding carboxylic acids is 1. The number of rotatable bonds is 6. The van der Waals surface area contributed by atoms with Crippen LogP contribution in [0.15, 0.2) is 33.7 Å². The molecule has 8 nitrogen and oxygen atoms in total. The largest absolute Gasteiger partial charge is 0.497 e. The molecule has 8 heteroatoms. The summed E-state index contributed by atoms with van der Waals surface area (Å²) in [4.78, 5) is 29.1. The molecule has 0 aliphatic rings. The Kier molecular flexibility index (Phi) is 5.16. The standard InChI is InChI=1S/C19H21N3O5/c1-11-12(2)27-18-17(11)19(24)22(10-21-18)9-16(23)20-8-13-7-14(25-3)5-6-15(13)26-4/h5-7,10H,8-9H2,1-4H3,(H,20,23). The molecular formula is C19H21N3O5. The van der Waals surface area contributed by atoms with Crippen LogP contribution in [-0.4, -0.2) is 29.7 Å². The van der Waals surface area contributed by atoms with Crippen molar-refractivity contribution in [3.8, 4) is 11.5 Å². The molecule has 0 bridgehead atoms. The fourth-order valence-electron chi connectivity index (χ4n) is 2.81. The van der Waals surface area contributed by atoms with Crippen LogP contribution in [0, 0.1) is 13.8 Å². The summed E-state index contributed by atoms with van der Waals surface area (Å²) in [6.45, 7) is 3.67. The quantitative estimate of drug-likeness (QED) is 0.711. The topological polar surface area (TPSA) is 95.6 Å². The number of amides is 1. The second-order valence-electron chi connectivity index (χ2n) is 6.10. The molecule has 0 atom stereocenters. The fourth-order valence-corrected chi connectivity index (χ4v) is 2.81. The Morgan fingerprint density at radius 2 is 2.04 bits per heavy atom. The molecule has 27 heavy (non-hydrogen) atoms. The number of aryl methyl sites for hydroxylation is 2. The van der Waals surface area contributed by atoms with Gasteiger partial charge in [0.05, 0.1) is 14.2 Å². The van der Waals surface area contributed by atoms with Crippen LogP contribution in [-0.2, 0) is 17.9 Å². The van der Waals surface area contributed by atoms with E-state index in [0.717, 1.165) is 11.1 Å². The molecule has 0 fully saturated rings. The summed E-state index contributed by atoms with van der Waals surface area (Å²) in [5.41, 5.74) is 1.49. The predicted molar refractivity (Wildman–Crippen MR) is 99.1 cm³/mol. The average Bonchev–Trinajstić information content (AvgIpc) is 2.96. The Hall–Kier alpha value is -3.29. The van der Waals surface area contributed by atoms with Gasteiger partial charge < -0.3 is 19.2 Å².